The van der Waals surface area contributed by atoms with Gasteiger partial charge in [0, 0.05) is 0 Å². The van der Waals surface area contributed by atoms with E-state index in [1.807, 2.05) is 36.4 Å². The maximum atomic E-state index is 11.8. The van der Waals surface area contributed by atoms with E-state index in [2.05, 4.69) is 38.0 Å². The number of halogens is 2. The van der Waals surface area contributed by atoms with Crippen LogP contribution in [0.5, 0.6) is 0 Å². The number of H-pyrrole nitrogens is 1. The standard InChI is InChI=1S/C15H11BrN2O.BrH/c16-14(10-4-2-1-3-5-10)11-6-7-13-12(8-11)15(19)18-9-17-13;/h1-9,14H,(H,17,18,19);1H. The highest BCUT2D eigenvalue weighted by Gasteiger charge is 2.11. The zero-order chi connectivity index (χ0) is 13.2. The number of benzene rings is 2. The number of aromatic nitrogens is 2. The molecule has 3 nitrogen and oxygen atoms in total. The summed E-state index contributed by atoms with van der Waals surface area (Å²) in [7, 11) is 0. The van der Waals surface area contributed by atoms with Crippen molar-refractivity contribution < 1.29 is 0 Å². The topological polar surface area (TPSA) is 45.8 Å². The second-order valence-electron chi connectivity index (χ2n) is 4.28. The van der Waals surface area contributed by atoms with Gasteiger partial charge in [-0.3, -0.25) is 4.79 Å². The predicted molar refractivity (Wildman–Crippen MR) is 89.9 cm³/mol. The Hall–Kier alpha value is -1.46. The molecule has 3 rings (SSSR count). The first-order chi connectivity index (χ1) is 9.25. The molecule has 2 aromatic carbocycles. The Balaban J connectivity index is 0.00000147. The maximum Gasteiger partial charge on any atom is 0.258 e. The van der Waals surface area contributed by atoms with E-state index in [1.54, 1.807) is 0 Å². The number of nitrogens with zero attached hydrogens (tertiary/aromatic N) is 1. The number of nitrogens with one attached hydrogen (secondary N) is 1. The second kappa shape index (κ2) is 6.33. The van der Waals surface area contributed by atoms with E-state index in [-0.39, 0.29) is 27.4 Å². The van der Waals surface area contributed by atoms with E-state index in [0.29, 0.717) is 10.9 Å². The molecule has 1 heterocycles. The molecule has 0 radical (unpaired) electrons. The first-order valence-electron chi connectivity index (χ1n) is 5.92. The van der Waals surface area contributed by atoms with Crippen LogP contribution in [0.4, 0.5) is 0 Å². The summed E-state index contributed by atoms with van der Waals surface area (Å²) in [6.45, 7) is 0. The zero-order valence-corrected chi connectivity index (χ0v) is 13.7. The van der Waals surface area contributed by atoms with Gasteiger partial charge in [0.25, 0.3) is 5.56 Å². The minimum Gasteiger partial charge on any atom is -0.313 e. The van der Waals surface area contributed by atoms with Gasteiger partial charge < -0.3 is 4.98 Å². The molecule has 0 aliphatic carbocycles. The SMILES string of the molecule is Br.O=c1[nH]cnc2ccc(C(Br)c3ccccc3)cc12. The third-order valence-electron chi connectivity index (χ3n) is 3.05. The number of rotatable bonds is 2. The molecule has 102 valence electrons. The molecule has 1 atom stereocenters. The van der Waals surface area contributed by atoms with Crippen molar-refractivity contribution in [3.05, 3.63) is 76.3 Å². The van der Waals surface area contributed by atoms with Gasteiger partial charge in [0.1, 0.15) is 0 Å². The van der Waals surface area contributed by atoms with Gasteiger partial charge in [-0.1, -0.05) is 52.3 Å². The molecule has 0 bridgehead atoms. The normalized spacial score (nSPS) is 11.8. The van der Waals surface area contributed by atoms with Crippen molar-refractivity contribution in [3.8, 4) is 0 Å². The number of alkyl halides is 1. The minimum absolute atomic E-state index is 0. The van der Waals surface area contributed by atoms with Crippen molar-refractivity contribution in [2.24, 2.45) is 0 Å². The Bertz CT molecular complexity index is 771. The van der Waals surface area contributed by atoms with Crippen LogP contribution in [0.1, 0.15) is 16.0 Å². The molecule has 0 amide bonds. The third-order valence-corrected chi connectivity index (χ3v) is 4.11. The van der Waals surface area contributed by atoms with E-state index in [1.165, 1.54) is 6.33 Å². The fourth-order valence-corrected chi connectivity index (χ4v) is 2.65. The summed E-state index contributed by atoms with van der Waals surface area (Å²) < 4.78 is 0. The molecular weight excluding hydrogens is 384 g/mol. The number of hydrogen-bond donors (Lipinski definition) is 1. The lowest BCUT2D eigenvalue weighted by atomic mass is 10.0. The van der Waals surface area contributed by atoms with Gasteiger partial charge in [-0.25, -0.2) is 4.98 Å². The summed E-state index contributed by atoms with van der Waals surface area (Å²) >= 11 is 3.67. The van der Waals surface area contributed by atoms with E-state index < -0.39 is 0 Å². The lowest BCUT2D eigenvalue weighted by Crippen LogP contribution is -2.06. The fraction of sp³-hybridized carbons (Fsp3) is 0.0667. The Morgan fingerprint density at radius 1 is 1.05 bits per heavy atom. The van der Waals surface area contributed by atoms with Crippen LogP contribution < -0.4 is 5.56 Å². The molecule has 3 aromatic rings. The quantitative estimate of drug-likeness (QED) is 0.667. The van der Waals surface area contributed by atoms with Gasteiger partial charge in [-0.05, 0) is 23.3 Å². The average Bonchev–Trinajstić information content (AvgIpc) is 2.47. The first kappa shape index (κ1) is 14.9. The van der Waals surface area contributed by atoms with Gasteiger partial charge in [-0.15, -0.1) is 17.0 Å². The smallest absolute Gasteiger partial charge is 0.258 e. The predicted octanol–water partition coefficient (Wildman–Crippen LogP) is 3.99. The van der Waals surface area contributed by atoms with E-state index in [9.17, 15) is 4.79 Å². The van der Waals surface area contributed by atoms with Crippen LogP contribution in [-0.4, -0.2) is 9.97 Å². The summed E-state index contributed by atoms with van der Waals surface area (Å²) in [5, 5.41) is 0.611. The van der Waals surface area contributed by atoms with Crippen molar-refractivity contribution in [2.75, 3.05) is 0 Å². The van der Waals surface area contributed by atoms with Crippen molar-refractivity contribution in [3.63, 3.8) is 0 Å². The van der Waals surface area contributed by atoms with Crippen molar-refractivity contribution >= 4 is 43.8 Å². The number of hydrogen-bond acceptors (Lipinski definition) is 2. The molecule has 0 aliphatic rings. The van der Waals surface area contributed by atoms with Crippen LogP contribution in [0.3, 0.4) is 0 Å². The van der Waals surface area contributed by atoms with Crippen LogP contribution >= 0.6 is 32.9 Å². The summed E-state index contributed by atoms with van der Waals surface area (Å²) in [5.74, 6) is 0. The van der Waals surface area contributed by atoms with Crippen LogP contribution in [0, 0.1) is 0 Å². The molecule has 5 heteroatoms. The molecule has 20 heavy (non-hydrogen) atoms. The van der Waals surface area contributed by atoms with E-state index in [0.717, 1.165) is 11.1 Å². The molecule has 0 saturated carbocycles. The number of fused-ring (bicyclic) bond motifs is 1. The molecule has 0 aliphatic heterocycles. The van der Waals surface area contributed by atoms with Gasteiger partial charge in [-0.2, -0.15) is 0 Å². The Morgan fingerprint density at radius 2 is 1.80 bits per heavy atom. The molecule has 0 saturated heterocycles. The highest BCUT2D eigenvalue weighted by Crippen LogP contribution is 2.31. The van der Waals surface area contributed by atoms with Crippen LogP contribution in [0.15, 0.2) is 59.7 Å². The molecule has 1 aromatic heterocycles. The van der Waals surface area contributed by atoms with Gasteiger partial charge in [0.15, 0.2) is 0 Å². The Kier molecular flexibility index (Phi) is 4.73. The molecule has 1 N–H and O–H groups in total. The third kappa shape index (κ3) is 2.83. The van der Waals surface area contributed by atoms with Gasteiger partial charge in [0.2, 0.25) is 0 Å². The Labute approximate surface area is 135 Å². The molecular formula is C15H12Br2N2O. The lowest BCUT2D eigenvalue weighted by molar-refractivity contribution is 1.15. The molecule has 0 spiro atoms. The zero-order valence-electron chi connectivity index (χ0n) is 10.4. The summed E-state index contributed by atoms with van der Waals surface area (Å²) in [5.41, 5.74) is 2.79. The van der Waals surface area contributed by atoms with Crippen molar-refractivity contribution in [1.82, 2.24) is 9.97 Å². The van der Waals surface area contributed by atoms with Crippen LogP contribution in [0.2, 0.25) is 0 Å². The molecule has 0 fully saturated rings. The highest BCUT2D eigenvalue weighted by molar-refractivity contribution is 9.09. The lowest BCUT2D eigenvalue weighted by Gasteiger charge is -2.11. The summed E-state index contributed by atoms with van der Waals surface area (Å²) in [4.78, 5) is 18.6. The van der Waals surface area contributed by atoms with Crippen LogP contribution in [0.25, 0.3) is 10.9 Å². The number of aromatic amines is 1. The first-order valence-corrected chi connectivity index (χ1v) is 6.83. The largest absolute Gasteiger partial charge is 0.313 e. The summed E-state index contributed by atoms with van der Waals surface area (Å²) in [6, 6.07) is 15.8. The van der Waals surface area contributed by atoms with Gasteiger partial charge >= 0.3 is 0 Å². The maximum absolute atomic E-state index is 11.8. The van der Waals surface area contributed by atoms with Crippen LogP contribution in [-0.2, 0) is 0 Å². The minimum atomic E-state index is -0.111. The van der Waals surface area contributed by atoms with Crippen molar-refractivity contribution in [1.29, 1.82) is 0 Å². The Morgan fingerprint density at radius 3 is 2.55 bits per heavy atom. The van der Waals surface area contributed by atoms with E-state index >= 15 is 0 Å². The second-order valence-corrected chi connectivity index (χ2v) is 5.20. The van der Waals surface area contributed by atoms with Gasteiger partial charge in [0.05, 0.1) is 22.1 Å². The highest BCUT2D eigenvalue weighted by atomic mass is 79.9. The monoisotopic (exact) mass is 394 g/mol. The van der Waals surface area contributed by atoms with E-state index in [4.69, 9.17) is 0 Å². The molecule has 1 unspecified atom stereocenters. The summed E-state index contributed by atoms with van der Waals surface area (Å²) in [6.07, 6.45) is 1.42. The van der Waals surface area contributed by atoms with Crippen molar-refractivity contribution in [2.45, 2.75) is 4.83 Å². The average molecular weight is 396 g/mol. The fourth-order valence-electron chi connectivity index (χ4n) is 2.06.